The molecule has 29 heavy (non-hydrogen) atoms. The van der Waals surface area contributed by atoms with Crippen LogP contribution in [0, 0.1) is 5.92 Å². The van der Waals surface area contributed by atoms with Gasteiger partial charge in [-0.15, -0.1) is 0 Å². The van der Waals surface area contributed by atoms with Crippen LogP contribution in [0.4, 0.5) is 10.5 Å². The molecule has 0 bridgehead atoms. The zero-order valence-corrected chi connectivity index (χ0v) is 17.6. The Morgan fingerprint density at radius 1 is 1.21 bits per heavy atom. The molecule has 2 fully saturated rings. The van der Waals surface area contributed by atoms with Crippen LogP contribution in [0.2, 0.25) is 0 Å². The third-order valence-corrected chi connectivity index (χ3v) is 5.08. The molecule has 0 spiro atoms. The van der Waals surface area contributed by atoms with Gasteiger partial charge in [-0.1, -0.05) is 6.07 Å². The van der Waals surface area contributed by atoms with E-state index in [4.69, 9.17) is 14.2 Å². The molecule has 160 valence electrons. The monoisotopic (exact) mass is 404 g/mol. The summed E-state index contributed by atoms with van der Waals surface area (Å²) in [6, 6.07) is 7.44. The lowest BCUT2D eigenvalue weighted by atomic mass is 9.96. The number of benzene rings is 1. The summed E-state index contributed by atoms with van der Waals surface area (Å²) in [4.78, 5) is 26.5. The molecule has 1 aromatic carbocycles. The molecule has 2 amide bonds. The van der Waals surface area contributed by atoms with E-state index in [-0.39, 0.29) is 24.0 Å². The number of piperidine rings is 1. The van der Waals surface area contributed by atoms with Crippen molar-refractivity contribution in [2.45, 2.75) is 58.2 Å². The number of anilines is 1. The molecule has 0 aliphatic carbocycles. The highest BCUT2D eigenvalue weighted by atomic mass is 16.6. The molecule has 0 unspecified atom stereocenters. The molecule has 2 heterocycles. The largest absolute Gasteiger partial charge is 0.491 e. The first-order valence-corrected chi connectivity index (χ1v) is 10.4. The Bertz CT molecular complexity index is 701. The van der Waals surface area contributed by atoms with Gasteiger partial charge < -0.3 is 24.4 Å². The van der Waals surface area contributed by atoms with Gasteiger partial charge in [0.25, 0.3) is 0 Å². The first kappa shape index (κ1) is 21.4. The number of ether oxygens (including phenoxy) is 3. The van der Waals surface area contributed by atoms with Gasteiger partial charge in [-0.25, -0.2) is 4.79 Å². The number of rotatable bonds is 5. The zero-order chi connectivity index (χ0) is 20.9. The summed E-state index contributed by atoms with van der Waals surface area (Å²) >= 11 is 0. The van der Waals surface area contributed by atoms with Gasteiger partial charge in [0.1, 0.15) is 18.0 Å². The van der Waals surface area contributed by atoms with Crippen molar-refractivity contribution < 1.29 is 23.8 Å². The van der Waals surface area contributed by atoms with E-state index in [1.54, 1.807) is 4.90 Å². The standard InChI is InChI=1S/C22H32N2O5/c1-22(2,3)29-21(26)24-11-9-16(10-12-24)20(25)23-17-6-4-7-18(14-17)28-15-19-8-5-13-27-19/h4,6-7,14,16,19H,5,8-13,15H2,1-3H3,(H,23,25)/t19-/m1/s1. The summed E-state index contributed by atoms with van der Waals surface area (Å²) in [7, 11) is 0. The predicted octanol–water partition coefficient (Wildman–Crippen LogP) is 3.83. The van der Waals surface area contributed by atoms with Gasteiger partial charge in [0.2, 0.25) is 5.91 Å². The third kappa shape index (κ3) is 6.63. The molecule has 0 radical (unpaired) electrons. The van der Waals surface area contributed by atoms with Crippen molar-refractivity contribution in [2.75, 3.05) is 31.6 Å². The van der Waals surface area contributed by atoms with Crippen LogP contribution in [-0.2, 0) is 14.3 Å². The first-order valence-electron chi connectivity index (χ1n) is 10.4. The fraction of sp³-hybridized carbons (Fsp3) is 0.636. The van der Waals surface area contributed by atoms with Gasteiger partial charge in [-0.3, -0.25) is 4.79 Å². The Hall–Kier alpha value is -2.28. The predicted molar refractivity (Wildman–Crippen MR) is 110 cm³/mol. The molecule has 0 saturated carbocycles. The number of carbonyl (C=O) groups excluding carboxylic acids is 2. The maximum absolute atomic E-state index is 12.6. The van der Waals surface area contributed by atoms with Gasteiger partial charge in [-0.2, -0.15) is 0 Å². The summed E-state index contributed by atoms with van der Waals surface area (Å²) in [6.45, 7) is 7.93. The van der Waals surface area contributed by atoms with Crippen molar-refractivity contribution in [3.63, 3.8) is 0 Å². The van der Waals surface area contributed by atoms with Crippen LogP contribution >= 0.6 is 0 Å². The maximum Gasteiger partial charge on any atom is 0.410 e. The Kier molecular flexibility index (Phi) is 7.00. The van der Waals surface area contributed by atoms with Gasteiger partial charge in [-0.05, 0) is 58.6 Å². The minimum atomic E-state index is -0.512. The number of carbonyl (C=O) groups is 2. The SMILES string of the molecule is CC(C)(C)OC(=O)N1CCC(C(=O)Nc2cccc(OC[C@H]3CCCO3)c2)CC1. The molecule has 1 aromatic rings. The molecular formula is C22H32N2O5. The van der Waals surface area contributed by atoms with Crippen LogP contribution in [-0.4, -0.2) is 54.9 Å². The van der Waals surface area contributed by atoms with Crippen molar-refractivity contribution in [1.29, 1.82) is 0 Å². The molecule has 3 rings (SSSR count). The van der Waals surface area contributed by atoms with Crippen LogP contribution in [0.3, 0.4) is 0 Å². The average molecular weight is 405 g/mol. The summed E-state index contributed by atoms with van der Waals surface area (Å²) in [5.74, 6) is 0.577. The second-order valence-electron chi connectivity index (χ2n) is 8.70. The summed E-state index contributed by atoms with van der Waals surface area (Å²) in [5, 5.41) is 2.98. The van der Waals surface area contributed by atoms with E-state index in [0.29, 0.717) is 32.5 Å². The quantitative estimate of drug-likeness (QED) is 0.807. The number of likely N-dealkylation sites (tertiary alicyclic amines) is 1. The molecule has 1 atom stereocenters. The molecule has 2 aliphatic rings. The topological polar surface area (TPSA) is 77.1 Å². The maximum atomic E-state index is 12.6. The van der Waals surface area contributed by atoms with Crippen LogP contribution in [0.25, 0.3) is 0 Å². The summed E-state index contributed by atoms with van der Waals surface area (Å²) in [6.07, 6.45) is 3.20. The van der Waals surface area contributed by atoms with Crippen molar-refractivity contribution in [2.24, 2.45) is 5.92 Å². The highest BCUT2D eigenvalue weighted by Gasteiger charge is 2.30. The lowest BCUT2D eigenvalue weighted by Crippen LogP contribution is -2.43. The lowest BCUT2D eigenvalue weighted by Gasteiger charge is -2.32. The normalized spacial score (nSPS) is 20.4. The fourth-order valence-corrected chi connectivity index (χ4v) is 3.52. The van der Waals surface area contributed by atoms with E-state index in [2.05, 4.69) is 5.32 Å². The number of hydrogen-bond acceptors (Lipinski definition) is 5. The van der Waals surface area contributed by atoms with Gasteiger partial charge in [0, 0.05) is 37.4 Å². The van der Waals surface area contributed by atoms with Crippen LogP contribution in [0.15, 0.2) is 24.3 Å². The highest BCUT2D eigenvalue weighted by molar-refractivity contribution is 5.92. The minimum Gasteiger partial charge on any atom is -0.491 e. The Balaban J connectivity index is 1.46. The van der Waals surface area contributed by atoms with Gasteiger partial charge in [0.05, 0.1) is 6.10 Å². The van der Waals surface area contributed by atoms with Gasteiger partial charge in [0.15, 0.2) is 0 Å². The molecule has 2 aliphatic heterocycles. The van der Waals surface area contributed by atoms with Crippen molar-refractivity contribution in [3.05, 3.63) is 24.3 Å². The number of nitrogens with one attached hydrogen (secondary N) is 1. The molecule has 7 heteroatoms. The molecular weight excluding hydrogens is 372 g/mol. The lowest BCUT2D eigenvalue weighted by molar-refractivity contribution is -0.121. The number of nitrogens with zero attached hydrogens (tertiary/aromatic N) is 1. The van der Waals surface area contributed by atoms with Crippen molar-refractivity contribution in [3.8, 4) is 5.75 Å². The van der Waals surface area contributed by atoms with Crippen molar-refractivity contribution >= 4 is 17.7 Å². The number of amides is 2. The Morgan fingerprint density at radius 2 is 1.97 bits per heavy atom. The van der Waals surface area contributed by atoms with Gasteiger partial charge >= 0.3 is 6.09 Å². The van der Waals surface area contributed by atoms with E-state index in [9.17, 15) is 9.59 Å². The molecule has 7 nitrogen and oxygen atoms in total. The zero-order valence-electron chi connectivity index (χ0n) is 17.6. The van der Waals surface area contributed by atoms with E-state index in [1.165, 1.54) is 0 Å². The van der Waals surface area contributed by atoms with Crippen molar-refractivity contribution in [1.82, 2.24) is 4.90 Å². The smallest absolute Gasteiger partial charge is 0.410 e. The molecule has 1 N–H and O–H groups in total. The Labute approximate surface area is 172 Å². The number of hydrogen-bond donors (Lipinski definition) is 1. The third-order valence-electron chi connectivity index (χ3n) is 5.08. The molecule has 2 saturated heterocycles. The average Bonchev–Trinajstić information content (AvgIpc) is 3.19. The molecule has 0 aromatic heterocycles. The van der Waals surface area contributed by atoms with E-state index in [1.807, 2.05) is 45.0 Å². The van der Waals surface area contributed by atoms with Crippen LogP contribution < -0.4 is 10.1 Å². The van der Waals surface area contributed by atoms with E-state index < -0.39 is 5.60 Å². The fourth-order valence-electron chi connectivity index (χ4n) is 3.52. The summed E-state index contributed by atoms with van der Waals surface area (Å²) in [5.41, 5.74) is 0.205. The second-order valence-corrected chi connectivity index (χ2v) is 8.70. The highest BCUT2D eigenvalue weighted by Crippen LogP contribution is 2.23. The van der Waals surface area contributed by atoms with Crippen LogP contribution in [0.5, 0.6) is 5.75 Å². The Morgan fingerprint density at radius 3 is 2.62 bits per heavy atom. The van der Waals surface area contributed by atoms with E-state index in [0.717, 1.165) is 30.9 Å². The van der Waals surface area contributed by atoms with E-state index >= 15 is 0 Å². The summed E-state index contributed by atoms with van der Waals surface area (Å²) < 4.78 is 16.8. The minimum absolute atomic E-state index is 0.0230. The van der Waals surface area contributed by atoms with Crippen LogP contribution in [0.1, 0.15) is 46.5 Å². The second kappa shape index (κ2) is 9.48. The first-order chi connectivity index (χ1) is 13.8.